The number of hydrogen-bond donors (Lipinski definition) is 0. The normalized spacial score (nSPS) is 19.8. The Hall–Kier alpha value is -1.81. The van der Waals surface area contributed by atoms with E-state index in [0.29, 0.717) is 10.8 Å². The van der Waals surface area contributed by atoms with Gasteiger partial charge < -0.3 is 9.42 Å². The standard InChI is InChI=1S/C19H21ClN2O2/c20-15-7-5-14(6-8-15)16-13-17(21-24-16)19(9-10-19)18(23)22-11-3-1-2-4-12-22/h5-8,13H,1-4,9-12H2. The number of carbonyl (C=O) groups excluding carboxylic acids is 1. The average Bonchev–Trinajstić information content (AvgIpc) is 3.33. The maximum Gasteiger partial charge on any atom is 0.234 e. The van der Waals surface area contributed by atoms with Crippen LogP contribution in [0.25, 0.3) is 11.3 Å². The van der Waals surface area contributed by atoms with Crippen LogP contribution in [0.3, 0.4) is 0 Å². The lowest BCUT2D eigenvalue weighted by Crippen LogP contribution is -2.40. The molecule has 1 aromatic carbocycles. The van der Waals surface area contributed by atoms with Gasteiger partial charge in [-0.15, -0.1) is 0 Å². The van der Waals surface area contributed by atoms with Gasteiger partial charge in [0.25, 0.3) is 0 Å². The number of halogens is 1. The minimum Gasteiger partial charge on any atom is -0.356 e. The van der Waals surface area contributed by atoms with Gasteiger partial charge in [-0.3, -0.25) is 4.79 Å². The zero-order valence-electron chi connectivity index (χ0n) is 13.6. The Labute approximate surface area is 146 Å². The third-order valence-electron chi connectivity index (χ3n) is 5.18. The molecule has 2 aromatic rings. The minimum atomic E-state index is -0.446. The van der Waals surface area contributed by atoms with E-state index in [1.54, 1.807) is 0 Å². The van der Waals surface area contributed by atoms with Crippen molar-refractivity contribution >= 4 is 17.5 Å². The summed E-state index contributed by atoms with van der Waals surface area (Å²) in [5, 5.41) is 4.92. The third-order valence-corrected chi connectivity index (χ3v) is 5.43. The Balaban J connectivity index is 1.56. The molecule has 5 heteroatoms. The van der Waals surface area contributed by atoms with Gasteiger partial charge in [0.15, 0.2) is 5.76 Å². The van der Waals surface area contributed by atoms with Crippen LogP contribution >= 0.6 is 11.6 Å². The van der Waals surface area contributed by atoms with E-state index >= 15 is 0 Å². The van der Waals surface area contributed by atoms with Gasteiger partial charge in [-0.2, -0.15) is 0 Å². The van der Waals surface area contributed by atoms with Crippen LogP contribution in [-0.2, 0) is 10.2 Å². The molecule has 1 aliphatic carbocycles. The second-order valence-electron chi connectivity index (χ2n) is 6.87. The van der Waals surface area contributed by atoms with Crippen LogP contribution in [0.4, 0.5) is 0 Å². The Bertz CT molecular complexity index is 726. The van der Waals surface area contributed by atoms with Crippen molar-refractivity contribution in [2.45, 2.75) is 43.9 Å². The highest BCUT2D eigenvalue weighted by Crippen LogP contribution is 2.50. The lowest BCUT2D eigenvalue weighted by molar-refractivity contribution is -0.134. The number of amides is 1. The van der Waals surface area contributed by atoms with E-state index < -0.39 is 5.41 Å². The maximum absolute atomic E-state index is 13.1. The Morgan fingerprint density at radius 1 is 1.08 bits per heavy atom. The smallest absolute Gasteiger partial charge is 0.234 e. The quantitative estimate of drug-likeness (QED) is 0.827. The van der Waals surface area contributed by atoms with Gasteiger partial charge in [-0.05, 0) is 49.9 Å². The molecule has 126 valence electrons. The molecule has 1 amide bonds. The number of likely N-dealkylation sites (tertiary alicyclic amines) is 1. The molecule has 2 heterocycles. The highest BCUT2D eigenvalue weighted by Gasteiger charge is 2.55. The summed E-state index contributed by atoms with van der Waals surface area (Å²) in [4.78, 5) is 15.1. The van der Waals surface area contributed by atoms with Gasteiger partial charge in [0.05, 0.1) is 11.1 Å². The fourth-order valence-electron chi connectivity index (χ4n) is 3.53. The fourth-order valence-corrected chi connectivity index (χ4v) is 3.66. The zero-order valence-corrected chi connectivity index (χ0v) is 14.4. The van der Waals surface area contributed by atoms with Gasteiger partial charge in [0.2, 0.25) is 5.91 Å². The van der Waals surface area contributed by atoms with Gasteiger partial charge in [0, 0.05) is 29.7 Å². The molecule has 1 aliphatic heterocycles. The summed E-state index contributed by atoms with van der Waals surface area (Å²) in [5.41, 5.74) is 1.26. The molecule has 1 saturated heterocycles. The average molecular weight is 345 g/mol. The van der Waals surface area contributed by atoms with E-state index in [-0.39, 0.29) is 5.91 Å². The number of carbonyl (C=O) groups is 1. The molecular formula is C19H21ClN2O2. The summed E-state index contributed by atoms with van der Waals surface area (Å²) < 4.78 is 5.52. The summed E-state index contributed by atoms with van der Waals surface area (Å²) in [7, 11) is 0. The summed E-state index contributed by atoms with van der Waals surface area (Å²) >= 11 is 5.93. The van der Waals surface area contributed by atoms with Gasteiger partial charge in [0.1, 0.15) is 0 Å². The SMILES string of the molecule is O=C(N1CCCCCC1)C1(c2cc(-c3ccc(Cl)cc3)on2)CC1. The predicted molar refractivity (Wildman–Crippen MR) is 92.9 cm³/mol. The first-order valence-corrected chi connectivity index (χ1v) is 9.09. The fraction of sp³-hybridized carbons (Fsp3) is 0.474. The molecule has 4 rings (SSSR count). The number of rotatable bonds is 3. The van der Waals surface area contributed by atoms with Crippen LogP contribution in [0.5, 0.6) is 0 Å². The molecule has 4 nitrogen and oxygen atoms in total. The summed E-state index contributed by atoms with van der Waals surface area (Å²) in [6, 6.07) is 9.39. The topological polar surface area (TPSA) is 46.3 Å². The van der Waals surface area contributed by atoms with Gasteiger partial charge in [-0.1, -0.05) is 29.6 Å². The van der Waals surface area contributed by atoms with Crippen LogP contribution in [0.1, 0.15) is 44.2 Å². The maximum atomic E-state index is 13.1. The third kappa shape index (κ3) is 2.84. The van der Waals surface area contributed by atoms with E-state index in [0.717, 1.165) is 50.0 Å². The molecule has 1 saturated carbocycles. The van der Waals surface area contributed by atoms with Crippen molar-refractivity contribution in [2.24, 2.45) is 0 Å². The van der Waals surface area contributed by atoms with Crippen LogP contribution in [0.2, 0.25) is 5.02 Å². The molecular weight excluding hydrogens is 324 g/mol. The lowest BCUT2D eigenvalue weighted by Gasteiger charge is -2.24. The van der Waals surface area contributed by atoms with Crippen molar-refractivity contribution in [1.29, 1.82) is 0 Å². The molecule has 2 aliphatic rings. The monoisotopic (exact) mass is 344 g/mol. The highest BCUT2D eigenvalue weighted by molar-refractivity contribution is 6.30. The van der Waals surface area contributed by atoms with E-state index in [2.05, 4.69) is 5.16 Å². The van der Waals surface area contributed by atoms with Crippen molar-refractivity contribution in [3.05, 3.63) is 41.0 Å². The van der Waals surface area contributed by atoms with E-state index in [4.69, 9.17) is 16.1 Å². The van der Waals surface area contributed by atoms with Crippen molar-refractivity contribution < 1.29 is 9.32 Å². The molecule has 0 bridgehead atoms. The number of hydrogen-bond acceptors (Lipinski definition) is 3. The van der Waals surface area contributed by atoms with Crippen molar-refractivity contribution in [3.63, 3.8) is 0 Å². The first-order chi connectivity index (χ1) is 11.7. The molecule has 1 aromatic heterocycles. The molecule has 0 N–H and O–H groups in total. The second kappa shape index (κ2) is 6.25. The Morgan fingerprint density at radius 2 is 1.75 bits per heavy atom. The van der Waals surface area contributed by atoms with E-state index in [9.17, 15) is 4.79 Å². The first-order valence-electron chi connectivity index (χ1n) is 8.72. The van der Waals surface area contributed by atoms with Crippen LogP contribution in [0, 0.1) is 0 Å². The van der Waals surface area contributed by atoms with Gasteiger partial charge in [-0.25, -0.2) is 0 Å². The lowest BCUT2D eigenvalue weighted by atomic mass is 9.99. The van der Waals surface area contributed by atoms with Crippen molar-refractivity contribution in [1.82, 2.24) is 10.1 Å². The molecule has 0 radical (unpaired) electrons. The van der Waals surface area contributed by atoms with Gasteiger partial charge >= 0.3 is 0 Å². The van der Waals surface area contributed by atoms with E-state index in [1.165, 1.54) is 12.8 Å². The molecule has 0 unspecified atom stereocenters. The van der Waals surface area contributed by atoms with Crippen LogP contribution in [-0.4, -0.2) is 29.1 Å². The van der Waals surface area contributed by atoms with Crippen molar-refractivity contribution in [2.75, 3.05) is 13.1 Å². The number of aromatic nitrogens is 1. The Kier molecular flexibility index (Phi) is 4.09. The molecule has 24 heavy (non-hydrogen) atoms. The largest absolute Gasteiger partial charge is 0.356 e. The second-order valence-corrected chi connectivity index (χ2v) is 7.31. The Morgan fingerprint density at radius 3 is 2.38 bits per heavy atom. The van der Waals surface area contributed by atoms with Crippen LogP contribution < -0.4 is 0 Å². The number of benzene rings is 1. The van der Waals surface area contributed by atoms with Crippen LogP contribution in [0.15, 0.2) is 34.9 Å². The van der Waals surface area contributed by atoms with Crippen molar-refractivity contribution in [3.8, 4) is 11.3 Å². The minimum absolute atomic E-state index is 0.236. The zero-order chi connectivity index (χ0) is 16.6. The van der Waals surface area contributed by atoms with E-state index in [1.807, 2.05) is 35.2 Å². The summed E-state index contributed by atoms with van der Waals surface area (Å²) in [6.07, 6.45) is 6.40. The molecule has 0 spiro atoms. The first kappa shape index (κ1) is 15.7. The predicted octanol–water partition coefficient (Wildman–Crippen LogP) is 4.43. The molecule has 0 atom stereocenters. The molecule has 2 fully saturated rings. The summed E-state index contributed by atoms with van der Waals surface area (Å²) in [5.74, 6) is 0.928. The number of nitrogens with zero attached hydrogens (tertiary/aromatic N) is 2. The summed E-state index contributed by atoms with van der Waals surface area (Å²) in [6.45, 7) is 1.75. The highest BCUT2D eigenvalue weighted by atomic mass is 35.5.